The number of aryl methyl sites for hydroxylation is 1. The summed E-state index contributed by atoms with van der Waals surface area (Å²) in [4.78, 5) is 3.91. The molecule has 1 aromatic heterocycles. The third kappa shape index (κ3) is 3.10. The van der Waals surface area contributed by atoms with Crippen molar-refractivity contribution in [1.82, 2.24) is 9.29 Å². The second-order valence-corrected chi connectivity index (χ2v) is 7.97. The van der Waals surface area contributed by atoms with Gasteiger partial charge in [0.1, 0.15) is 0 Å². The molecular formula is C8H13ClN2O2S3. The topological polar surface area (TPSA) is 50.3 Å². The number of halogens is 1. The van der Waals surface area contributed by atoms with Crippen LogP contribution in [0, 0.1) is 6.92 Å². The van der Waals surface area contributed by atoms with Crippen molar-refractivity contribution in [3.05, 3.63) is 10.2 Å². The fraction of sp³-hybridized carbons (Fsp3) is 0.625. The molecule has 0 aliphatic rings. The Kier molecular flexibility index (Phi) is 5.06. The summed E-state index contributed by atoms with van der Waals surface area (Å²) in [6.45, 7) is 2.14. The minimum atomic E-state index is -3.43. The average Bonchev–Trinajstić information content (AvgIpc) is 2.54. The van der Waals surface area contributed by atoms with Gasteiger partial charge in [0, 0.05) is 19.3 Å². The molecule has 1 rings (SSSR count). The summed E-state index contributed by atoms with van der Waals surface area (Å²) in [6.07, 6.45) is 1.94. The van der Waals surface area contributed by atoms with E-state index in [4.69, 9.17) is 11.6 Å². The quantitative estimate of drug-likeness (QED) is 0.835. The summed E-state index contributed by atoms with van der Waals surface area (Å²) in [5.74, 6) is 0.765. The van der Waals surface area contributed by atoms with E-state index in [0.717, 1.165) is 17.1 Å². The van der Waals surface area contributed by atoms with Crippen molar-refractivity contribution in [1.29, 1.82) is 0 Å². The molecule has 16 heavy (non-hydrogen) atoms. The molecule has 0 spiro atoms. The van der Waals surface area contributed by atoms with Gasteiger partial charge in [-0.15, -0.1) is 0 Å². The van der Waals surface area contributed by atoms with Crippen molar-refractivity contribution >= 4 is 44.7 Å². The van der Waals surface area contributed by atoms with Crippen LogP contribution in [0.5, 0.6) is 0 Å². The molecule has 0 aromatic carbocycles. The Morgan fingerprint density at radius 1 is 1.56 bits per heavy atom. The lowest BCUT2D eigenvalue weighted by molar-refractivity contribution is 0.490. The third-order valence-electron chi connectivity index (χ3n) is 1.98. The highest BCUT2D eigenvalue weighted by molar-refractivity contribution is 7.98. The fourth-order valence-electron chi connectivity index (χ4n) is 1.07. The Labute approximate surface area is 109 Å². The van der Waals surface area contributed by atoms with E-state index in [0.29, 0.717) is 12.2 Å². The maximum Gasteiger partial charge on any atom is 0.254 e. The summed E-state index contributed by atoms with van der Waals surface area (Å²) in [7, 11) is -1.86. The van der Waals surface area contributed by atoms with Crippen molar-refractivity contribution in [2.24, 2.45) is 0 Å². The number of hydrogen-bond acceptors (Lipinski definition) is 5. The lowest BCUT2D eigenvalue weighted by atomic mass is 10.6. The van der Waals surface area contributed by atoms with Crippen molar-refractivity contribution in [3.8, 4) is 0 Å². The zero-order valence-electron chi connectivity index (χ0n) is 9.23. The van der Waals surface area contributed by atoms with Crippen LogP contribution in [0.3, 0.4) is 0 Å². The van der Waals surface area contributed by atoms with Crippen LogP contribution in [0.2, 0.25) is 4.47 Å². The van der Waals surface area contributed by atoms with Crippen molar-refractivity contribution in [3.63, 3.8) is 0 Å². The van der Waals surface area contributed by atoms with Gasteiger partial charge in [-0.2, -0.15) is 16.1 Å². The summed E-state index contributed by atoms with van der Waals surface area (Å²) in [6, 6.07) is 0. The normalized spacial score (nSPS) is 12.3. The Morgan fingerprint density at radius 2 is 2.19 bits per heavy atom. The van der Waals surface area contributed by atoms with Gasteiger partial charge < -0.3 is 0 Å². The molecule has 0 amide bonds. The molecule has 4 nitrogen and oxygen atoms in total. The Balaban J connectivity index is 2.97. The van der Waals surface area contributed by atoms with Crippen LogP contribution < -0.4 is 0 Å². The SMILES string of the molecule is CSCCN(C)S(=O)(=O)c1sc(Cl)nc1C. The largest absolute Gasteiger partial charge is 0.254 e. The molecule has 0 saturated carbocycles. The molecule has 0 bridgehead atoms. The lowest BCUT2D eigenvalue weighted by Crippen LogP contribution is -2.28. The van der Waals surface area contributed by atoms with Crippen molar-refractivity contribution in [2.45, 2.75) is 11.1 Å². The molecule has 0 unspecified atom stereocenters. The highest BCUT2D eigenvalue weighted by atomic mass is 35.5. The van der Waals surface area contributed by atoms with Crippen LogP contribution in [-0.2, 0) is 10.0 Å². The summed E-state index contributed by atoms with van der Waals surface area (Å²) in [5.41, 5.74) is 0.464. The molecule has 0 aliphatic carbocycles. The number of thiazole rings is 1. The van der Waals surface area contributed by atoms with E-state index >= 15 is 0 Å². The van der Waals surface area contributed by atoms with Gasteiger partial charge in [-0.3, -0.25) is 0 Å². The van der Waals surface area contributed by atoms with Crippen LogP contribution >= 0.6 is 34.7 Å². The number of rotatable bonds is 5. The Morgan fingerprint density at radius 3 is 2.62 bits per heavy atom. The van der Waals surface area contributed by atoms with Crippen LogP contribution in [0.4, 0.5) is 0 Å². The minimum absolute atomic E-state index is 0.237. The van der Waals surface area contributed by atoms with Gasteiger partial charge in [-0.05, 0) is 13.2 Å². The predicted octanol–water partition coefficient (Wildman–Crippen LogP) is 2.09. The first kappa shape index (κ1) is 14.2. The number of sulfonamides is 1. The Bertz CT molecular complexity index is 458. The van der Waals surface area contributed by atoms with E-state index in [-0.39, 0.29) is 8.68 Å². The van der Waals surface area contributed by atoms with Gasteiger partial charge >= 0.3 is 0 Å². The molecule has 0 N–H and O–H groups in total. The van der Waals surface area contributed by atoms with Crippen molar-refractivity contribution in [2.75, 3.05) is 25.6 Å². The Hall–Kier alpha value is 0.180. The van der Waals surface area contributed by atoms with Gasteiger partial charge in [0.15, 0.2) is 8.68 Å². The average molecular weight is 301 g/mol. The van der Waals surface area contributed by atoms with E-state index in [1.165, 1.54) is 4.31 Å². The van der Waals surface area contributed by atoms with E-state index in [1.807, 2.05) is 6.26 Å². The maximum absolute atomic E-state index is 12.1. The third-order valence-corrected chi connectivity index (χ3v) is 6.28. The minimum Gasteiger partial charge on any atom is -0.229 e. The van der Waals surface area contributed by atoms with E-state index in [2.05, 4.69) is 4.98 Å². The highest BCUT2D eigenvalue weighted by Gasteiger charge is 2.25. The van der Waals surface area contributed by atoms with Crippen LogP contribution in [0.15, 0.2) is 4.21 Å². The maximum atomic E-state index is 12.1. The second-order valence-electron chi connectivity index (χ2n) is 3.16. The number of aromatic nitrogens is 1. The molecule has 0 atom stereocenters. The summed E-state index contributed by atoms with van der Waals surface area (Å²) in [5, 5.41) is 0. The van der Waals surface area contributed by atoms with E-state index in [1.54, 1.807) is 25.7 Å². The van der Waals surface area contributed by atoms with Crippen LogP contribution in [0.1, 0.15) is 5.69 Å². The monoisotopic (exact) mass is 300 g/mol. The number of nitrogens with zero attached hydrogens (tertiary/aromatic N) is 2. The summed E-state index contributed by atoms with van der Waals surface area (Å²) < 4.78 is 26.0. The highest BCUT2D eigenvalue weighted by Crippen LogP contribution is 2.28. The molecule has 8 heteroatoms. The molecule has 1 heterocycles. The molecular weight excluding hydrogens is 288 g/mol. The van der Waals surface area contributed by atoms with Gasteiger partial charge in [0.2, 0.25) is 0 Å². The molecule has 92 valence electrons. The van der Waals surface area contributed by atoms with Gasteiger partial charge in [-0.1, -0.05) is 22.9 Å². The van der Waals surface area contributed by atoms with Gasteiger partial charge in [0.25, 0.3) is 10.0 Å². The van der Waals surface area contributed by atoms with Crippen LogP contribution in [-0.4, -0.2) is 43.3 Å². The van der Waals surface area contributed by atoms with Crippen molar-refractivity contribution < 1.29 is 8.42 Å². The molecule has 0 radical (unpaired) electrons. The molecule has 1 aromatic rings. The molecule has 0 fully saturated rings. The number of hydrogen-bond donors (Lipinski definition) is 0. The van der Waals surface area contributed by atoms with E-state index < -0.39 is 10.0 Å². The second kappa shape index (κ2) is 5.68. The van der Waals surface area contributed by atoms with E-state index in [9.17, 15) is 8.42 Å². The number of thioether (sulfide) groups is 1. The van der Waals surface area contributed by atoms with Crippen LogP contribution in [0.25, 0.3) is 0 Å². The van der Waals surface area contributed by atoms with Gasteiger partial charge in [-0.25, -0.2) is 13.4 Å². The van der Waals surface area contributed by atoms with Gasteiger partial charge in [0.05, 0.1) is 5.69 Å². The lowest BCUT2D eigenvalue weighted by Gasteiger charge is -2.15. The standard InChI is InChI=1S/C8H13ClN2O2S3/c1-6-7(15-8(9)10-6)16(12,13)11(2)4-5-14-3/h4-5H2,1-3H3. The first-order valence-corrected chi connectivity index (χ1v) is 8.50. The molecule has 0 saturated heterocycles. The smallest absolute Gasteiger partial charge is 0.229 e. The molecule has 0 aliphatic heterocycles. The zero-order valence-corrected chi connectivity index (χ0v) is 12.4. The first-order valence-electron chi connectivity index (χ1n) is 4.47. The fourth-order valence-corrected chi connectivity index (χ4v) is 4.74. The summed E-state index contributed by atoms with van der Waals surface area (Å²) >= 11 is 8.31. The first-order chi connectivity index (χ1) is 7.39. The predicted molar refractivity (Wildman–Crippen MR) is 70.1 cm³/mol. The zero-order chi connectivity index (χ0) is 12.3.